The minimum Gasteiger partial charge on any atom is -0.381 e. The van der Waals surface area contributed by atoms with Gasteiger partial charge < -0.3 is 15.4 Å². The van der Waals surface area contributed by atoms with Crippen LogP contribution in [0.3, 0.4) is 0 Å². The molecule has 0 saturated heterocycles. The highest BCUT2D eigenvalue weighted by Crippen LogP contribution is 2.22. The van der Waals surface area contributed by atoms with Crippen molar-refractivity contribution in [1.29, 1.82) is 0 Å². The van der Waals surface area contributed by atoms with E-state index in [9.17, 15) is 4.79 Å². The molecule has 0 aliphatic rings. The molecule has 4 nitrogen and oxygen atoms in total. The summed E-state index contributed by atoms with van der Waals surface area (Å²) in [4.78, 5) is 11.8. The number of hydrogen-bond donors (Lipinski definition) is 2. The minimum atomic E-state index is -0.00754. The molecular weight excluding hydrogens is 240 g/mol. The molecule has 2 N–H and O–H groups in total. The third-order valence-corrected chi connectivity index (χ3v) is 2.96. The summed E-state index contributed by atoms with van der Waals surface area (Å²) in [6.07, 6.45) is 1.37. The molecule has 19 heavy (non-hydrogen) atoms. The molecule has 1 aromatic rings. The predicted octanol–water partition coefficient (Wildman–Crippen LogP) is 2.72. The Morgan fingerprint density at radius 3 is 2.74 bits per heavy atom. The van der Waals surface area contributed by atoms with E-state index in [1.165, 1.54) is 0 Å². The summed E-state index contributed by atoms with van der Waals surface area (Å²) < 4.78 is 5.32. The van der Waals surface area contributed by atoms with E-state index in [2.05, 4.69) is 24.5 Å². The van der Waals surface area contributed by atoms with E-state index in [4.69, 9.17) is 4.74 Å². The van der Waals surface area contributed by atoms with Crippen molar-refractivity contribution in [2.24, 2.45) is 0 Å². The Kier molecular flexibility index (Phi) is 7.15. The zero-order chi connectivity index (χ0) is 14.1. The summed E-state index contributed by atoms with van der Waals surface area (Å²) in [6.45, 7) is 5.30. The zero-order valence-corrected chi connectivity index (χ0v) is 12.0. The average molecular weight is 264 g/mol. The number of carbonyl (C=O) groups excluding carboxylic acids is 1. The molecule has 0 aliphatic heterocycles. The lowest BCUT2D eigenvalue weighted by atomic mass is 10.1. The summed E-state index contributed by atoms with van der Waals surface area (Å²) in [5.41, 5.74) is 1.96. The first-order valence-electron chi connectivity index (χ1n) is 6.82. The van der Waals surface area contributed by atoms with Crippen LogP contribution in [0.4, 0.5) is 5.69 Å². The van der Waals surface area contributed by atoms with Crippen molar-refractivity contribution in [3.63, 3.8) is 0 Å². The van der Waals surface area contributed by atoms with Gasteiger partial charge in [0.1, 0.15) is 0 Å². The van der Waals surface area contributed by atoms with Gasteiger partial charge in [0.15, 0.2) is 0 Å². The van der Waals surface area contributed by atoms with Crippen molar-refractivity contribution < 1.29 is 9.53 Å². The molecule has 0 bridgehead atoms. The number of nitrogens with one attached hydrogen (secondary N) is 2. The molecule has 106 valence electrons. The standard InChI is InChI=1S/C15H24N2O2/c1-4-10-19-11-9-15(18)17-14-8-6-5-7-13(14)12(2)16-3/h5-8,12,16H,4,9-11H2,1-3H3,(H,17,18). The molecule has 0 heterocycles. The van der Waals surface area contributed by atoms with E-state index >= 15 is 0 Å². The molecule has 0 fully saturated rings. The van der Waals surface area contributed by atoms with Crippen molar-refractivity contribution in [3.8, 4) is 0 Å². The molecule has 4 heteroatoms. The van der Waals surface area contributed by atoms with Gasteiger partial charge in [-0.05, 0) is 32.0 Å². The molecular formula is C15H24N2O2. The average Bonchev–Trinajstić information content (AvgIpc) is 2.43. The van der Waals surface area contributed by atoms with Gasteiger partial charge in [0, 0.05) is 18.3 Å². The highest BCUT2D eigenvalue weighted by molar-refractivity contribution is 5.91. The smallest absolute Gasteiger partial charge is 0.226 e. The van der Waals surface area contributed by atoms with Crippen LogP contribution >= 0.6 is 0 Å². The number of benzene rings is 1. The fraction of sp³-hybridized carbons (Fsp3) is 0.533. The second-order valence-electron chi connectivity index (χ2n) is 4.51. The van der Waals surface area contributed by atoms with Crippen molar-refractivity contribution in [2.45, 2.75) is 32.7 Å². The summed E-state index contributed by atoms with van der Waals surface area (Å²) in [7, 11) is 1.90. The maximum Gasteiger partial charge on any atom is 0.226 e. The van der Waals surface area contributed by atoms with Crippen LogP contribution in [0.25, 0.3) is 0 Å². The molecule has 0 aromatic heterocycles. The molecule has 0 aliphatic carbocycles. The van der Waals surface area contributed by atoms with Crippen molar-refractivity contribution in [2.75, 3.05) is 25.6 Å². The fourth-order valence-corrected chi connectivity index (χ4v) is 1.77. The van der Waals surface area contributed by atoms with Gasteiger partial charge in [0.25, 0.3) is 0 Å². The molecule has 0 radical (unpaired) electrons. The van der Waals surface area contributed by atoms with Crippen LogP contribution in [-0.2, 0) is 9.53 Å². The van der Waals surface area contributed by atoms with Crippen molar-refractivity contribution in [3.05, 3.63) is 29.8 Å². The summed E-state index contributed by atoms with van der Waals surface area (Å²) in [5.74, 6) is -0.00754. The Bertz CT molecular complexity index is 393. The zero-order valence-electron chi connectivity index (χ0n) is 12.0. The number of hydrogen-bond acceptors (Lipinski definition) is 3. The first-order valence-corrected chi connectivity index (χ1v) is 6.82. The Hall–Kier alpha value is -1.39. The monoisotopic (exact) mass is 264 g/mol. The number of amides is 1. The first kappa shape index (κ1) is 15.7. The van der Waals surface area contributed by atoms with Gasteiger partial charge in [-0.1, -0.05) is 25.1 Å². The minimum absolute atomic E-state index is 0.00754. The van der Waals surface area contributed by atoms with Crippen LogP contribution < -0.4 is 10.6 Å². The highest BCUT2D eigenvalue weighted by Gasteiger charge is 2.10. The van der Waals surface area contributed by atoms with Crippen LogP contribution in [0.1, 0.15) is 38.3 Å². The molecule has 0 saturated carbocycles. The lowest BCUT2D eigenvalue weighted by Crippen LogP contribution is -2.19. The van der Waals surface area contributed by atoms with Gasteiger partial charge in [-0.2, -0.15) is 0 Å². The third-order valence-electron chi connectivity index (χ3n) is 2.96. The molecule has 1 unspecified atom stereocenters. The van der Waals surface area contributed by atoms with Crippen LogP contribution in [0.5, 0.6) is 0 Å². The number of rotatable bonds is 8. The summed E-state index contributed by atoms with van der Waals surface area (Å²) in [5, 5.41) is 6.12. The third kappa shape index (κ3) is 5.41. The maximum absolute atomic E-state index is 11.8. The van der Waals surface area contributed by atoms with E-state index in [1.54, 1.807) is 0 Å². The number of ether oxygens (including phenoxy) is 1. The van der Waals surface area contributed by atoms with Gasteiger partial charge >= 0.3 is 0 Å². The quantitative estimate of drug-likeness (QED) is 0.710. The topological polar surface area (TPSA) is 50.4 Å². The van der Waals surface area contributed by atoms with E-state index in [1.807, 2.05) is 31.3 Å². The molecule has 1 amide bonds. The SMILES string of the molecule is CCCOCCC(=O)Nc1ccccc1C(C)NC. The van der Waals surface area contributed by atoms with E-state index < -0.39 is 0 Å². The van der Waals surface area contributed by atoms with Gasteiger partial charge in [0.05, 0.1) is 13.0 Å². The van der Waals surface area contributed by atoms with Crippen LogP contribution in [0.2, 0.25) is 0 Å². The van der Waals surface area contributed by atoms with Crippen LogP contribution in [-0.4, -0.2) is 26.2 Å². The van der Waals surface area contributed by atoms with Crippen LogP contribution in [0.15, 0.2) is 24.3 Å². The first-order chi connectivity index (χ1) is 9.19. The Balaban J connectivity index is 2.54. The van der Waals surface area contributed by atoms with Gasteiger partial charge in [-0.15, -0.1) is 0 Å². The van der Waals surface area contributed by atoms with Gasteiger partial charge in [0.2, 0.25) is 5.91 Å². The Morgan fingerprint density at radius 2 is 2.05 bits per heavy atom. The van der Waals surface area contributed by atoms with Gasteiger partial charge in [-0.25, -0.2) is 0 Å². The van der Waals surface area contributed by atoms with Crippen molar-refractivity contribution in [1.82, 2.24) is 5.32 Å². The van der Waals surface area contributed by atoms with E-state index in [0.717, 1.165) is 17.7 Å². The fourth-order valence-electron chi connectivity index (χ4n) is 1.77. The Morgan fingerprint density at radius 1 is 1.32 bits per heavy atom. The highest BCUT2D eigenvalue weighted by atomic mass is 16.5. The van der Waals surface area contributed by atoms with Crippen LogP contribution in [0, 0.1) is 0 Å². The second-order valence-corrected chi connectivity index (χ2v) is 4.51. The van der Waals surface area contributed by atoms with E-state index in [-0.39, 0.29) is 11.9 Å². The molecule has 0 spiro atoms. The normalized spacial score (nSPS) is 12.2. The summed E-state index contributed by atoms with van der Waals surface area (Å²) >= 11 is 0. The Labute approximate surface area is 115 Å². The lowest BCUT2D eigenvalue weighted by Gasteiger charge is -2.16. The van der Waals surface area contributed by atoms with Crippen molar-refractivity contribution >= 4 is 11.6 Å². The summed E-state index contributed by atoms with van der Waals surface area (Å²) in [6, 6.07) is 8.05. The second kappa shape index (κ2) is 8.67. The number of para-hydroxylation sites is 1. The molecule has 1 aromatic carbocycles. The molecule has 1 atom stereocenters. The molecule has 1 rings (SSSR count). The lowest BCUT2D eigenvalue weighted by molar-refractivity contribution is -0.117. The number of anilines is 1. The number of carbonyl (C=O) groups is 1. The van der Waals surface area contributed by atoms with E-state index in [0.29, 0.717) is 19.6 Å². The predicted molar refractivity (Wildman–Crippen MR) is 78.3 cm³/mol. The largest absolute Gasteiger partial charge is 0.381 e. The maximum atomic E-state index is 11.8. The van der Waals surface area contributed by atoms with Gasteiger partial charge in [-0.3, -0.25) is 4.79 Å².